The third-order valence-electron chi connectivity index (χ3n) is 4.35. The number of carbonyl (C=O) groups excluding carboxylic acids is 2. The Morgan fingerprint density at radius 1 is 1.38 bits per heavy atom. The van der Waals surface area contributed by atoms with Crippen molar-refractivity contribution in [2.45, 2.75) is 25.7 Å². The molecule has 7 heteroatoms. The highest BCUT2D eigenvalue weighted by molar-refractivity contribution is 6.11. The van der Waals surface area contributed by atoms with Gasteiger partial charge in [-0.2, -0.15) is 0 Å². The van der Waals surface area contributed by atoms with E-state index in [9.17, 15) is 19.7 Å². The summed E-state index contributed by atoms with van der Waals surface area (Å²) >= 11 is 0. The molecule has 0 amide bonds. The molecule has 2 aliphatic rings. The Kier molecular flexibility index (Phi) is 4.33. The normalized spacial score (nSPS) is 22.8. The van der Waals surface area contributed by atoms with Crippen LogP contribution in [0.15, 0.2) is 35.6 Å². The van der Waals surface area contributed by atoms with Gasteiger partial charge >= 0.3 is 5.97 Å². The van der Waals surface area contributed by atoms with Crippen LogP contribution in [0.4, 0.5) is 5.69 Å². The number of nitro groups is 1. The summed E-state index contributed by atoms with van der Waals surface area (Å²) in [5.41, 5.74) is 1.44. The minimum Gasteiger partial charge on any atom is -0.490 e. The molecular formula is C17H17NO6. The molecule has 1 aromatic carbocycles. The van der Waals surface area contributed by atoms with Crippen molar-refractivity contribution in [3.05, 3.63) is 51.3 Å². The fourth-order valence-electron chi connectivity index (χ4n) is 3.34. The third-order valence-corrected chi connectivity index (χ3v) is 4.35. The van der Waals surface area contributed by atoms with E-state index in [0.717, 1.165) is 12.0 Å². The molecule has 1 aliphatic carbocycles. The van der Waals surface area contributed by atoms with E-state index in [-0.39, 0.29) is 23.8 Å². The highest BCUT2D eigenvalue weighted by atomic mass is 16.6. The molecule has 1 aromatic rings. The molecule has 0 saturated carbocycles. The lowest BCUT2D eigenvalue weighted by Gasteiger charge is -2.21. The van der Waals surface area contributed by atoms with E-state index in [1.165, 1.54) is 12.1 Å². The van der Waals surface area contributed by atoms with E-state index in [1.54, 1.807) is 19.1 Å². The lowest BCUT2D eigenvalue weighted by atomic mass is 9.83. The molecule has 0 saturated heterocycles. The van der Waals surface area contributed by atoms with E-state index in [1.807, 2.05) is 0 Å². The molecular weight excluding hydrogens is 314 g/mol. The van der Waals surface area contributed by atoms with Crippen molar-refractivity contribution >= 4 is 17.4 Å². The Hall–Kier alpha value is -2.70. The first-order chi connectivity index (χ1) is 11.5. The highest BCUT2D eigenvalue weighted by Crippen LogP contribution is 2.46. The van der Waals surface area contributed by atoms with Crippen molar-refractivity contribution in [2.24, 2.45) is 5.92 Å². The van der Waals surface area contributed by atoms with Crippen molar-refractivity contribution in [3.63, 3.8) is 0 Å². The van der Waals surface area contributed by atoms with Crippen LogP contribution in [0, 0.1) is 16.0 Å². The molecule has 0 bridgehead atoms. The minimum atomic E-state index is -0.977. The van der Waals surface area contributed by atoms with E-state index >= 15 is 0 Å². The summed E-state index contributed by atoms with van der Waals surface area (Å²) in [6.45, 7) is 2.32. The number of Topliss-reactive ketones (excluding diaryl/α,β-unsaturated/α-hetero) is 1. The largest absolute Gasteiger partial charge is 0.490 e. The standard InChI is InChI=1S/C17H17NO6/c1-2-23-17(20)14-13(10-5-7-11(8-6-10)18(21)22)12-4-3-9-24-16(12)15(14)19/h5-8,13-14H,2-4,9H2,1H3. The Labute approximate surface area is 138 Å². The van der Waals surface area contributed by atoms with Crippen molar-refractivity contribution in [3.8, 4) is 0 Å². The lowest BCUT2D eigenvalue weighted by molar-refractivity contribution is -0.384. The van der Waals surface area contributed by atoms with E-state index < -0.39 is 22.7 Å². The quantitative estimate of drug-likeness (QED) is 0.364. The van der Waals surface area contributed by atoms with Gasteiger partial charge < -0.3 is 9.47 Å². The number of hydrogen-bond acceptors (Lipinski definition) is 6. The van der Waals surface area contributed by atoms with Gasteiger partial charge in [-0.25, -0.2) is 0 Å². The number of ether oxygens (including phenoxy) is 2. The van der Waals surface area contributed by atoms with Crippen molar-refractivity contribution < 1.29 is 24.0 Å². The van der Waals surface area contributed by atoms with Gasteiger partial charge in [-0.05, 0) is 30.9 Å². The second kappa shape index (κ2) is 6.43. The molecule has 1 heterocycles. The van der Waals surface area contributed by atoms with Crippen LogP contribution in [0.2, 0.25) is 0 Å². The second-order valence-electron chi connectivity index (χ2n) is 5.73. The summed E-state index contributed by atoms with van der Waals surface area (Å²) in [4.78, 5) is 35.3. The molecule has 0 N–H and O–H groups in total. The number of benzene rings is 1. The van der Waals surface area contributed by atoms with Crippen LogP contribution in [0.5, 0.6) is 0 Å². The van der Waals surface area contributed by atoms with Gasteiger partial charge in [0.1, 0.15) is 5.92 Å². The maximum absolute atomic E-state index is 12.6. The van der Waals surface area contributed by atoms with Crippen LogP contribution in [0.3, 0.4) is 0 Å². The number of nitrogens with zero attached hydrogens (tertiary/aromatic N) is 1. The number of rotatable bonds is 4. The third kappa shape index (κ3) is 2.66. The van der Waals surface area contributed by atoms with Crippen molar-refractivity contribution in [2.75, 3.05) is 13.2 Å². The van der Waals surface area contributed by atoms with Gasteiger partial charge in [-0.15, -0.1) is 0 Å². The number of hydrogen-bond donors (Lipinski definition) is 0. The molecule has 7 nitrogen and oxygen atoms in total. The van der Waals surface area contributed by atoms with Crippen LogP contribution in [0.25, 0.3) is 0 Å². The summed E-state index contributed by atoms with van der Waals surface area (Å²) in [6, 6.07) is 5.94. The molecule has 2 unspecified atom stereocenters. The first-order valence-corrected chi connectivity index (χ1v) is 7.85. The zero-order chi connectivity index (χ0) is 17.3. The minimum absolute atomic E-state index is 0.0372. The van der Waals surface area contributed by atoms with Gasteiger partial charge in [0, 0.05) is 18.1 Å². The number of non-ortho nitro benzene ring substituents is 1. The maximum atomic E-state index is 12.6. The number of ketones is 1. The number of allylic oxidation sites excluding steroid dienone is 2. The summed E-state index contributed by atoms with van der Waals surface area (Å²) < 4.78 is 10.6. The van der Waals surface area contributed by atoms with Gasteiger partial charge in [0.05, 0.1) is 18.1 Å². The number of nitro benzene ring substituents is 1. The monoisotopic (exact) mass is 331 g/mol. The predicted molar refractivity (Wildman–Crippen MR) is 83.2 cm³/mol. The van der Waals surface area contributed by atoms with Crippen molar-refractivity contribution in [1.29, 1.82) is 0 Å². The SMILES string of the molecule is CCOC(=O)C1C(=O)C2=C(CCCO2)C1c1ccc([N+](=O)[O-])cc1. The molecule has 2 atom stereocenters. The first-order valence-electron chi connectivity index (χ1n) is 7.85. The Bertz CT molecular complexity index is 721. The lowest BCUT2D eigenvalue weighted by Crippen LogP contribution is -2.28. The topological polar surface area (TPSA) is 95.7 Å². The van der Waals surface area contributed by atoms with Crippen LogP contribution < -0.4 is 0 Å². The average Bonchev–Trinajstić information content (AvgIpc) is 2.88. The molecule has 3 rings (SSSR count). The highest BCUT2D eigenvalue weighted by Gasteiger charge is 2.49. The van der Waals surface area contributed by atoms with Crippen LogP contribution in [-0.2, 0) is 19.1 Å². The predicted octanol–water partition coefficient (Wildman–Crippen LogP) is 2.50. The van der Waals surface area contributed by atoms with Crippen LogP contribution in [0.1, 0.15) is 31.2 Å². The Morgan fingerprint density at radius 2 is 2.08 bits per heavy atom. The molecule has 1 aliphatic heterocycles. The molecule has 0 spiro atoms. The number of carbonyl (C=O) groups is 2. The summed E-state index contributed by atoms with van der Waals surface area (Å²) in [5, 5.41) is 10.8. The molecule has 0 aromatic heterocycles. The summed E-state index contributed by atoms with van der Waals surface area (Å²) in [6.07, 6.45) is 1.43. The zero-order valence-corrected chi connectivity index (χ0v) is 13.2. The van der Waals surface area contributed by atoms with Crippen molar-refractivity contribution in [1.82, 2.24) is 0 Å². The van der Waals surface area contributed by atoms with Gasteiger partial charge in [-0.1, -0.05) is 12.1 Å². The molecule has 24 heavy (non-hydrogen) atoms. The van der Waals surface area contributed by atoms with Gasteiger partial charge in [0.2, 0.25) is 5.78 Å². The first kappa shape index (κ1) is 16.2. The number of esters is 1. The van der Waals surface area contributed by atoms with Crippen LogP contribution >= 0.6 is 0 Å². The zero-order valence-electron chi connectivity index (χ0n) is 13.2. The van der Waals surface area contributed by atoms with E-state index in [2.05, 4.69) is 0 Å². The van der Waals surface area contributed by atoms with E-state index in [4.69, 9.17) is 9.47 Å². The molecule has 0 fully saturated rings. The average molecular weight is 331 g/mol. The molecule has 0 radical (unpaired) electrons. The Balaban J connectivity index is 2.02. The molecule has 126 valence electrons. The summed E-state index contributed by atoms with van der Waals surface area (Å²) in [5.74, 6) is -2.12. The van der Waals surface area contributed by atoms with Gasteiger partial charge in [-0.3, -0.25) is 19.7 Å². The van der Waals surface area contributed by atoms with E-state index in [0.29, 0.717) is 18.6 Å². The fraction of sp³-hybridized carbons (Fsp3) is 0.412. The second-order valence-corrected chi connectivity index (χ2v) is 5.73. The van der Waals surface area contributed by atoms with Crippen LogP contribution in [-0.4, -0.2) is 29.9 Å². The Morgan fingerprint density at radius 3 is 2.71 bits per heavy atom. The maximum Gasteiger partial charge on any atom is 0.317 e. The van der Waals surface area contributed by atoms with Gasteiger partial charge in [0.15, 0.2) is 5.76 Å². The summed E-state index contributed by atoms with van der Waals surface area (Å²) in [7, 11) is 0. The smallest absolute Gasteiger partial charge is 0.317 e. The fourth-order valence-corrected chi connectivity index (χ4v) is 3.34. The van der Waals surface area contributed by atoms with Gasteiger partial charge in [0.25, 0.3) is 5.69 Å².